The first-order chi connectivity index (χ1) is 9.28. The van der Waals surface area contributed by atoms with E-state index in [0.717, 1.165) is 25.6 Å². The molecule has 0 radical (unpaired) electrons. The number of piperidine rings is 1. The van der Waals surface area contributed by atoms with Crippen LogP contribution in [0.4, 0.5) is 0 Å². The molecule has 2 N–H and O–H groups in total. The van der Waals surface area contributed by atoms with E-state index in [1.165, 1.54) is 31.5 Å². The third kappa shape index (κ3) is 4.93. The molecule has 2 heterocycles. The maximum Gasteiger partial charge on any atom is 0.0640 e. The largest absolute Gasteiger partial charge is 0.394 e. The Labute approximate surface area is 115 Å². The van der Waals surface area contributed by atoms with Crippen LogP contribution < -0.4 is 5.32 Å². The Morgan fingerprint density at radius 2 is 2.16 bits per heavy atom. The first-order valence-corrected chi connectivity index (χ1v) is 7.33. The minimum Gasteiger partial charge on any atom is -0.394 e. The molecule has 1 aromatic rings. The van der Waals surface area contributed by atoms with Gasteiger partial charge >= 0.3 is 0 Å². The second-order valence-corrected chi connectivity index (χ2v) is 5.54. The molecular formula is C14H26N4O. The van der Waals surface area contributed by atoms with Crippen molar-refractivity contribution in [3.63, 3.8) is 0 Å². The number of nitrogens with zero attached hydrogens (tertiary/aromatic N) is 3. The molecule has 0 unspecified atom stereocenters. The van der Waals surface area contributed by atoms with E-state index >= 15 is 0 Å². The predicted molar refractivity (Wildman–Crippen MR) is 75.9 cm³/mol. The fourth-order valence-corrected chi connectivity index (χ4v) is 2.48. The molecule has 1 saturated heterocycles. The van der Waals surface area contributed by atoms with E-state index in [1.807, 2.05) is 12.4 Å². The summed E-state index contributed by atoms with van der Waals surface area (Å²) in [5.41, 5.74) is 1.18. The Balaban J connectivity index is 1.58. The third-order valence-corrected chi connectivity index (χ3v) is 3.83. The molecule has 0 saturated carbocycles. The smallest absolute Gasteiger partial charge is 0.0640 e. The summed E-state index contributed by atoms with van der Waals surface area (Å²) < 4.78 is 1.78. The van der Waals surface area contributed by atoms with Crippen LogP contribution in [0.1, 0.15) is 25.3 Å². The Morgan fingerprint density at radius 3 is 2.89 bits per heavy atom. The normalized spacial score (nSPS) is 18.0. The fourth-order valence-electron chi connectivity index (χ4n) is 2.48. The minimum absolute atomic E-state index is 0.141. The molecular weight excluding hydrogens is 240 g/mol. The number of nitrogens with one attached hydrogen (secondary N) is 1. The van der Waals surface area contributed by atoms with Gasteiger partial charge in [0.1, 0.15) is 0 Å². The summed E-state index contributed by atoms with van der Waals surface area (Å²) in [6.07, 6.45) is 6.54. The van der Waals surface area contributed by atoms with E-state index in [2.05, 4.69) is 22.2 Å². The number of likely N-dealkylation sites (tertiary alicyclic amines) is 1. The highest BCUT2D eigenvalue weighted by molar-refractivity contribution is 5.03. The first-order valence-electron chi connectivity index (χ1n) is 7.33. The molecule has 1 aliphatic rings. The average Bonchev–Trinajstić information content (AvgIpc) is 2.85. The van der Waals surface area contributed by atoms with E-state index in [-0.39, 0.29) is 6.61 Å². The van der Waals surface area contributed by atoms with E-state index in [9.17, 15) is 0 Å². The van der Waals surface area contributed by atoms with Crippen molar-refractivity contribution in [2.75, 3.05) is 32.8 Å². The lowest BCUT2D eigenvalue weighted by Gasteiger charge is -2.30. The molecule has 1 fully saturated rings. The molecule has 5 heteroatoms. The summed E-state index contributed by atoms with van der Waals surface area (Å²) in [4.78, 5) is 2.54. The van der Waals surface area contributed by atoms with Crippen LogP contribution >= 0.6 is 0 Å². The topological polar surface area (TPSA) is 53.3 Å². The van der Waals surface area contributed by atoms with Crippen molar-refractivity contribution in [2.24, 2.45) is 5.92 Å². The van der Waals surface area contributed by atoms with Crippen LogP contribution in [0, 0.1) is 5.92 Å². The van der Waals surface area contributed by atoms with Crippen LogP contribution in [-0.2, 0) is 13.1 Å². The monoisotopic (exact) mass is 266 g/mol. The quantitative estimate of drug-likeness (QED) is 0.713. The Hall–Kier alpha value is -0.910. The van der Waals surface area contributed by atoms with Crippen LogP contribution in [0.3, 0.4) is 0 Å². The lowest BCUT2D eigenvalue weighted by molar-refractivity contribution is 0.193. The zero-order valence-electron chi connectivity index (χ0n) is 11.9. The SMILES string of the molecule is CC1CCN(CCNCc2cnn(CCO)c2)CC1. The lowest BCUT2D eigenvalue weighted by atomic mass is 9.99. The summed E-state index contributed by atoms with van der Waals surface area (Å²) >= 11 is 0. The molecule has 2 rings (SSSR count). The van der Waals surface area contributed by atoms with Gasteiger partial charge in [-0.1, -0.05) is 6.92 Å². The van der Waals surface area contributed by atoms with E-state index < -0.39 is 0 Å². The molecule has 5 nitrogen and oxygen atoms in total. The van der Waals surface area contributed by atoms with Crippen LogP contribution in [0.25, 0.3) is 0 Å². The van der Waals surface area contributed by atoms with Crippen molar-refractivity contribution in [2.45, 2.75) is 32.9 Å². The van der Waals surface area contributed by atoms with Crippen LogP contribution in [0.5, 0.6) is 0 Å². The lowest BCUT2D eigenvalue weighted by Crippen LogP contribution is -2.37. The molecule has 0 amide bonds. The first kappa shape index (κ1) is 14.5. The van der Waals surface area contributed by atoms with Crippen molar-refractivity contribution in [3.05, 3.63) is 18.0 Å². The molecule has 0 atom stereocenters. The minimum atomic E-state index is 0.141. The number of aromatic nitrogens is 2. The molecule has 108 valence electrons. The van der Waals surface area contributed by atoms with E-state index in [4.69, 9.17) is 5.11 Å². The van der Waals surface area contributed by atoms with Gasteiger partial charge in [-0.25, -0.2) is 0 Å². The fraction of sp³-hybridized carbons (Fsp3) is 0.786. The van der Waals surface area contributed by atoms with Gasteiger partial charge in [-0.15, -0.1) is 0 Å². The molecule has 19 heavy (non-hydrogen) atoms. The summed E-state index contributed by atoms with van der Waals surface area (Å²) in [5.74, 6) is 0.904. The Morgan fingerprint density at radius 1 is 1.37 bits per heavy atom. The molecule has 0 spiro atoms. The highest BCUT2D eigenvalue weighted by Gasteiger charge is 2.14. The summed E-state index contributed by atoms with van der Waals surface area (Å²) in [7, 11) is 0. The third-order valence-electron chi connectivity index (χ3n) is 3.83. The van der Waals surface area contributed by atoms with Gasteiger partial charge in [-0.2, -0.15) is 5.10 Å². The second kappa shape index (κ2) is 7.62. The molecule has 0 aliphatic carbocycles. The standard InChI is InChI=1S/C14H26N4O/c1-13-2-5-17(6-3-13)7-4-15-10-14-11-16-18(12-14)8-9-19/h11-13,15,19H,2-10H2,1H3. The molecule has 0 bridgehead atoms. The maximum absolute atomic E-state index is 8.82. The summed E-state index contributed by atoms with van der Waals surface area (Å²) in [5, 5.41) is 16.5. The summed E-state index contributed by atoms with van der Waals surface area (Å²) in [6.45, 7) is 8.58. The Kier molecular flexibility index (Phi) is 5.82. The number of hydrogen-bond acceptors (Lipinski definition) is 4. The van der Waals surface area contributed by atoms with Crippen molar-refractivity contribution < 1.29 is 5.11 Å². The second-order valence-electron chi connectivity index (χ2n) is 5.54. The van der Waals surface area contributed by atoms with Crippen molar-refractivity contribution >= 4 is 0 Å². The van der Waals surface area contributed by atoms with Crippen molar-refractivity contribution in [3.8, 4) is 0 Å². The average molecular weight is 266 g/mol. The number of hydrogen-bond donors (Lipinski definition) is 2. The van der Waals surface area contributed by atoms with Crippen LogP contribution in [0.15, 0.2) is 12.4 Å². The molecule has 1 aromatic heterocycles. The predicted octanol–water partition coefficient (Wildman–Crippen LogP) is 0.697. The van der Waals surface area contributed by atoms with Crippen molar-refractivity contribution in [1.29, 1.82) is 0 Å². The maximum atomic E-state index is 8.82. The van der Waals surface area contributed by atoms with Gasteiger partial charge < -0.3 is 15.3 Å². The number of rotatable bonds is 7. The molecule has 0 aromatic carbocycles. The van der Waals surface area contributed by atoms with Gasteiger partial charge in [0, 0.05) is 31.4 Å². The van der Waals surface area contributed by atoms with Gasteiger partial charge in [0.25, 0.3) is 0 Å². The van der Waals surface area contributed by atoms with Gasteiger partial charge in [-0.3, -0.25) is 4.68 Å². The van der Waals surface area contributed by atoms with Gasteiger partial charge in [0.05, 0.1) is 19.3 Å². The highest BCUT2D eigenvalue weighted by Crippen LogP contribution is 2.15. The zero-order valence-corrected chi connectivity index (χ0v) is 11.9. The van der Waals surface area contributed by atoms with Gasteiger partial charge in [0.2, 0.25) is 0 Å². The number of aliphatic hydroxyl groups excluding tert-OH is 1. The van der Waals surface area contributed by atoms with E-state index in [0.29, 0.717) is 6.54 Å². The Bertz CT molecular complexity index is 358. The molecule has 1 aliphatic heterocycles. The zero-order chi connectivity index (χ0) is 13.5. The van der Waals surface area contributed by atoms with Crippen molar-refractivity contribution in [1.82, 2.24) is 20.0 Å². The van der Waals surface area contributed by atoms with Crippen LogP contribution in [-0.4, -0.2) is 52.6 Å². The van der Waals surface area contributed by atoms with Crippen LogP contribution in [0.2, 0.25) is 0 Å². The van der Waals surface area contributed by atoms with E-state index in [1.54, 1.807) is 4.68 Å². The summed E-state index contributed by atoms with van der Waals surface area (Å²) in [6, 6.07) is 0. The highest BCUT2D eigenvalue weighted by atomic mass is 16.3. The number of aliphatic hydroxyl groups is 1. The van der Waals surface area contributed by atoms with Gasteiger partial charge in [-0.05, 0) is 31.8 Å². The van der Waals surface area contributed by atoms with Gasteiger partial charge in [0.15, 0.2) is 0 Å².